The summed E-state index contributed by atoms with van der Waals surface area (Å²) in [6.45, 7) is 4.51. The van der Waals surface area contributed by atoms with E-state index < -0.39 is 0 Å². The summed E-state index contributed by atoms with van der Waals surface area (Å²) in [7, 11) is 0. The average molecular weight is 340 g/mol. The number of aromatic nitrogens is 2. The Morgan fingerprint density at radius 1 is 0.840 bits per heavy atom. The van der Waals surface area contributed by atoms with Crippen LogP contribution >= 0.6 is 0 Å². The Labute approximate surface area is 153 Å². The predicted molar refractivity (Wildman–Crippen MR) is 108 cm³/mol. The molecule has 0 bridgehead atoms. The van der Waals surface area contributed by atoms with Crippen LogP contribution < -0.4 is 5.73 Å². The van der Waals surface area contributed by atoms with E-state index in [-0.39, 0.29) is 0 Å². The van der Waals surface area contributed by atoms with Gasteiger partial charge in [-0.25, -0.2) is 9.97 Å². The van der Waals surface area contributed by atoms with Gasteiger partial charge in [-0.05, 0) is 48.9 Å². The fourth-order valence-corrected chi connectivity index (χ4v) is 3.26. The van der Waals surface area contributed by atoms with Gasteiger partial charge in [-0.2, -0.15) is 0 Å². The normalized spacial score (nSPS) is 11.0. The number of benzene rings is 1. The molecule has 3 heteroatoms. The van der Waals surface area contributed by atoms with Crippen LogP contribution in [0.4, 0.5) is 5.95 Å². The molecular weight excluding hydrogens is 306 g/mol. The van der Waals surface area contributed by atoms with Crippen molar-refractivity contribution in [3.05, 3.63) is 41.6 Å². The predicted octanol–water partition coefficient (Wildman–Crippen LogP) is 5.97. The van der Waals surface area contributed by atoms with Crippen LogP contribution in [0.15, 0.2) is 30.5 Å². The lowest BCUT2D eigenvalue weighted by molar-refractivity contribution is 0.664. The highest BCUT2D eigenvalue weighted by molar-refractivity contribution is 5.65. The van der Waals surface area contributed by atoms with Crippen molar-refractivity contribution in [1.82, 2.24) is 9.97 Å². The molecule has 3 nitrogen and oxygen atoms in total. The molecule has 0 aliphatic carbocycles. The first-order valence-corrected chi connectivity index (χ1v) is 9.95. The Balaban J connectivity index is 2.16. The van der Waals surface area contributed by atoms with E-state index in [4.69, 9.17) is 5.73 Å². The van der Waals surface area contributed by atoms with Crippen molar-refractivity contribution < 1.29 is 0 Å². The number of nitrogens with two attached hydrogens (primary N) is 1. The van der Waals surface area contributed by atoms with Crippen molar-refractivity contribution in [2.45, 2.75) is 78.1 Å². The van der Waals surface area contributed by atoms with E-state index in [1.807, 2.05) is 6.07 Å². The number of unbranched alkanes of at least 4 members (excludes halogenated alkanes) is 6. The first kappa shape index (κ1) is 19.4. The average Bonchev–Trinajstić information content (AvgIpc) is 2.63. The summed E-state index contributed by atoms with van der Waals surface area (Å²) < 4.78 is 0. The Kier molecular flexibility index (Phi) is 8.44. The van der Waals surface area contributed by atoms with Crippen molar-refractivity contribution in [2.75, 3.05) is 5.73 Å². The van der Waals surface area contributed by atoms with Gasteiger partial charge in [-0.15, -0.1) is 0 Å². The van der Waals surface area contributed by atoms with Crippen LogP contribution in [0.3, 0.4) is 0 Å². The topological polar surface area (TPSA) is 51.8 Å². The first-order valence-electron chi connectivity index (χ1n) is 9.95. The minimum absolute atomic E-state index is 0.350. The summed E-state index contributed by atoms with van der Waals surface area (Å²) in [5, 5.41) is 0. The van der Waals surface area contributed by atoms with Gasteiger partial charge < -0.3 is 5.73 Å². The molecule has 0 unspecified atom stereocenters. The van der Waals surface area contributed by atoms with Gasteiger partial charge >= 0.3 is 0 Å². The van der Waals surface area contributed by atoms with Crippen molar-refractivity contribution in [2.24, 2.45) is 0 Å². The van der Waals surface area contributed by atoms with Crippen molar-refractivity contribution in [1.29, 1.82) is 0 Å². The van der Waals surface area contributed by atoms with Gasteiger partial charge in [-0.3, -0.25) is 0 Å². The van der Waals surface area contributed by atoms with Crippen molar-refractivity contribution in [3.8, 4) is 11.3 Å². The van der Waals surface area contributed by atoms with Crippen molar-refractivity contribution in [3.63, 3.8) is 0 Å². The van der Waals surface area contributed by atoms with Crippen LogP contribution in [0.25, 0.3) is 11.3 Å². The molecule has 0 saturated heterocycles. The largest absolute Gasteiger partial charge is 0.368 e. The number of anilines is 1. The molecule has 1 aromatic carbocycles. The summed E-state index contributed by atoms with van der Waals surface area (Å²) in [5.74, 6) is 0.350. The second kappa shape index (κ2) is 10.9. The van der Waals surface area contributed by atoms with Crippen LogP contribution in [0.5, 0.6) is 0 Å². The standard InChI is InChI=1S/C22H33N3/c1-3-5-7-9-11-18-13-14-19(12-10-8-6-4-2)20(17-18)21-15-16-24-22(23)25-21/h13-17H,3-12H2,1-2H3,(H2,23,24,25). The molecule has 0 aliphatic rings. The molecule has 25 heavy (non-hydrogen) atoms. The quantitative estimate of drug-likeness (QED) is 0.513. The van der Waals surface area contributed by atoms with Crippen LogP contribution in [-0.2, 0) is 12.8 Å². The maximum absolute atomic E-state index is 5.82. The highest BCUT2D eigenvalue weighted by atomic mass is 15.0. The number of aryl methyl sites for hydroxylation is 2. The highest BCUT2D eigenvalue weighted by Gasteiger charge is 2.09. The molecule has 1 heterocycles. The van der Waals surface area contributed by atoms with Crippen LogP contribution in [0.2, 0.25) is 0 Å². The molecule has 1 aromatic heterocycles. The number of rotatable bonds is 11. The van der Waals surface area contributed by atoms with E-state index in [9.17, 15) is 0 Å². The Hall–Kier alpha value is -1.90. The lowest BCUT2D eigenvalue weighted by atomic mass is 9.94. The molecule has 2 aromatic rings. The number of hydrogen-bond donors (Lipinski definition) is 1. The maximum atomic E-state index is 5.82. The summed E-state index contributed by atoms with van der Waals surface area (Å²) in [4.78, 5) is 8.51. The summed E-state index contributed by atoms with van der Waals surface area (Å²) >= 11 is 0. The lowest BCUT2D eigenvalue weighted by Crippen LogP contribution is -1.99. The molecule has 2 N–H and O–H groups in total. The molecular formula is C22H33N3. The Morgan fingerprint density at radius 2 is 1.56 bits per heavy atom. The second-order valence-electron chi connectivity index (χ2n) is 6.91. The van der Waals surface area contributed by atoms with E-state index in [1.165, 1.54) is 68.1 Å². The molecule has 0 amide bonds. The van der Waals surface area contributed by atoms with Gasteiger partial charge in [0.1, 0.15) is 0 Å². The molecule has 136 valence electrons. The molecule has 0 radical (unpaired) electrons. The fraction of sp³-hybridized carbons (Fsp3) is 0.545. The zero-order valence-corrected chi connectivity index (χ0v) is 15.9. The SMILES string of the molecule is CCCCCCc1ccc(CCCCCC)c(-c2ccnc(N)n2)c1. The van der Waals surface area contributed by atoms with Crippen LogP contribution in [-0.4, -0.2) is 9.97 Å². The summed E-state index contributed by atoms with van der Waals surface area (Å²) in [5.41, 5.74) is 10.8. The number of nitrogens with zero attached hydrogens (tertiary/aromatic N) is 2. The van der Waals surface area contributed by atoms with E-state index >= 15 is 0 Å². The molecule has 0 fully saturated rings. The fourth-order valence-electron chi connectivity index (χ4n) is 3.26. The third kappa shape index (κ3) is 6.49. The zero-order chi connectivity index (χ0) is 17.9. The van der Waals surface area contributed by atoms with Gasteiger partial charge in [0.2, 0.25) is 5.95 Å². The number of hydrogen-bond acceptors (Lipinski definition) is 3. The van der Waals surface area contributed by atoms with E-state index in [0.717, 1.165) is 18.5 Å². The van der Waals surface area contributed by atoms with Gasteiger partial charge in [-0.1, -0.05) is 64.5 Å². The molecule has 0 aliphatic heterocycles. The molecule has 0 saturated carbocycles. The van der Waals surface area contributed by atoms with Gasteiger partial charge in [0, 0.05) is 11.8 Å². The molecule has 0 atom stereocenters. The van der Waals surface area contributed by atoms with Gasteiger partial charge in [0.05, 0.1) is 5.69 Å². The van der Waals surface area contributed by atoms with Gasteiger partial charge in [0.15, 0.2) is 0 Å². The first-order chi connectivity index (χ1) is 12.2. The molecule has 0 spiro atoms. The summed E-state index contributed by atoms with van der Waals surface area (Å²) in [6, 6.07) is 8.90. The third-order valence-electron chi connectivity index (χ3n) is 4.74. The smallest absolute Gasteiger partial charge is 0.220 e. The van der Waals surface area contributed by atoms with E-state index in [1.54, 1.807) is 6.20 Å². The Bertz CT molecular complexity index is 637. The molecule has 2 rings (SSSR count). The van der Waals surface area contributed by atoms with E-state index in [0.29, 0.717) is 5.95 Å². The summed E-state index contributed by atoms with van der Waals surface area (Å²) in [6.07, 6.45) is 14.3. The maximum Gasteiger partial charge on any atom is 0.220 e. The minimum Gasteiger partial charge on any atom is -0.368 e. The van der Waals surface area contributed by atoms with Gasteiger partial charge in [0.25, 0.3) is 0 Å². The monoisotopic (exact) mass is 339 g/mol. The Morgan fingerprint density at radius 3 is 2.24 bits per heavy atom. The number of nitrogen functional groups attached to an aromatic ring is 1. The van der Waals surface area contributed by atoms with E-state index in [2.05, 4.69) is 42.0 Å². The third-order valence-corrected chi connectivity index (χ3v) is 4.74. The second-order valence-corrected chi connectivity index (χ2v) is 6.91. The lowest BCUT2D eigenvalue weighted by Gasteiger charge is -2.12. The minimum atomic E-state index is 0.350. The van der Waals surface area contributed by atoms with Crippen LogP contribution in [0.1, 0.15) is 76.3 Å². The van der Waals surface area contributed by atoms with Crippen molar-refractivity contribution >= 4 is 5.95 Å². The highest BCUT2D eigenvalue weighted by Crippen LogP contribution is 2.26. The van der Waals surface area contributed by atoms with Crippen LogP contribution in [0, 0.1) is 0 Å². The zero-order valence-electron chi connectivity index (χ0n) is 15.9.